The number of para-hydroxylation sites is 1. The fourth-order valence-corrected chi connectivity index (χ4v) is 3.07. The van der Waals surface area contributed by atoms with Crippen LogP contribution >= 0.6 is 0 Å². The van der Waals surface area contributed by atoms with E-state index < -0.39 is 45.8 Å². The van der Waals surface area contributed by atoms with Crippen molar-refractivity contribution in [2.45, 2.75) is 6.61 Å². The topological polar surface area (TPSA) is 152 Å². The van der Waals surface area contributed by atoms with Crippen molar-refractivity contribution >= 4 is 17.8 Å². The van der Waals surface area contributed by atoms with Crippen LogP contribution in [0.3, 0.4) is 0 Å². The Labute approximate surface area is 174 Å². The summed E-state index contributed by atoms with van der Waals surface area (Å²) in [4.78, 5) is 38.0. The molecule has 0 spiro atoms. The highest BCUT2D eigenvalue weighted by Gasteiger charge is 2.29. The predicted octanol–water partition coefficient (Wildman–Crippen LogP) is 2.75. The van der Waals surface area contributed by atoms with Gasteiger partial charge < -0.3 is 30.4 Å². The molecule has 10 heteroatoms. The number of methoxy groups -OCH3 is 1. The number of nitrogens with one attached hydrogen (secondary N) is 1. The van der Waals surface area contributed by atoms with Crippen LogP contribution < -0.4 is 20.8 Å². The van der Waals surface area contributed by atoms with Crippen molar-refractivity contribution in [1.82, 2.24) is 4.98 Å². The molecule has 0 atom stereocenters. The number of nitrogen functional groups attached to an aromatic ring is 1. The second kappa shape index (κ2) is 8.57. The van der Waals surface area contributed by atoms with E-state index in [1.54, 1.807) is 0 Å². The second-order valence-corrected chi connectivity index (χ2v) is 6.36. The molecule has 3 aromatic rings. The predicted molar refractivity (Wildman–Crippen MR) is 108 cm³/mol. The molecule has 2 aromatic carbocycles. The maximum atomic E-state index is 13.2. The Kier molecular flexibility index (Phi) is 5.91. The Balaban J connectivity index is 2.26. The van der Waals surface area contributed by atoms with Gasteiger partial charge in [-0.3, -0.25) is 4.79 Å². The number of benzene rings is 2. The lowest BCUT2D eigenvalue weighted by molar-refractivity contribution is 0.0695. The zero-order chi connectivity index (χ0) is 22.7. The van der Waals surface area contributed by atoms with E-state index in [0.29, 0.717) is 5.56 Å². The fraction of sp³-hybridized carbons (Fsp3) is 0.0952. The van der Waals surface area contributed by atoms with Gasteiger partial charge in [-0.1, -0.05) is 24.3 Å². The summed E-state index contributed by atoms with van der Waals surface area (Å²) in [5, 5.41) is 19.2. The number of aromatic amines is 1. The number of H-pyrrole nitrogens is 1. The fourth-order valence-electron chi connectivity index (χ4n) is 3.07. The molecule has 3 rings (SSSR count). The average Bonchev–Trinajstić information content (AvgIpc) is 2.71. The lowest BCUT2D eigenvalue weighted by Gasteiger charge is -2.18. The normalized spacial score (nSPS) is 10.5. The van der Waals surface area contributed by atoms with Crippen molar-refractivity contribution in [3.63, 3.8) is 0 Å². The molecule has 9 nitrogen and oxygen atoms in total. The number of hydrogen-bond acceptors (Lipinski definition) is 6. The van der Waals surface area contributed by atoms with E-state index in [2.05, 4.69) is 0 Å². The van der Waals surface area contributed by atoms with Crippen molar-refractivity contribution in [3.8, 4) is 22.6 Å². The highest BCUT2D eigenvalue weighted by atomic mass is 19.1. The van der Waals surface area contributed by atoms with Gasteiger partial charge in [0.05, 0.1) is 7.11 Å². The highest BCUT2D eigenvalue weighted by Crippen LogP contribution is 2.41. The van der Waals surface area contributed by atoms with Gasteiger partial charge in [-0.15, -0.1) is 0 Å². The molecular weight excluding hydrogens is 411 g/mol. The van der Waals surface area contributed by atoms with Crippen LogP contribution in [0.5, 0.6) is 11.5 Å². The van der Waals surface area contributed by atoms with Gasteiger partial charge in [-0.25, -0.2) is 14.0 Å². The molecule has 0 aliphatic heterocycles. The summed E-state index contributed by atoms with van der Waals surface area (Å²) in [6, 6.07) is 9.83. The molecule has 0 amide bonds. The van der Waals surface area contributed by atoms with E-state index in [9.17, 15) is 29.0 Å². The van der Waals surface area contributed by atoms with E-state index in [1.165, 1.54) is 49.6 Å². The molecule has 5 N–H and O–H groups in total. The number of carboxylic acids is 2. The standard InChI is InChI=1S/C21H17FN2O7/c1-30-13-4-2-3-12(17(13)31-9-10-5-7-11(22)8-6-10)14-15(20(26)27)18(23)24-19(25)16(14)21(28)29/h2-8H,9H2,1H3,(H,26,27)(H,28,29)(H3,23,24,25). The number of anilines is 1. The molecule has 0 unspecified atom stereocenters. The smallest absolute Gasteiger partial charge is 0.342 e. The van der Waals surface area contributed by atoms with Crippen molar-refractivity contribution in [1.29, 1.82) is 0 Å². The number of carbonyl (C=O) groups is 2. The van der Waals surface area contributed by atoms with E-state index in [-0.39, 0.29) is 23.7 Å². The van der Waals surface area contributed by atoms with E-state index >= 15 is 0 Å². The number of nitrogens with two attached hydrogens (primary N) is 1. The van der Waals surface area contributed by atoms with Crippen LogP contribution in [0.4, 0.5) is 10.2 Å². The molecule has 0 bridgehead atoms. The first kappa shape index (κ1) is 21.4. The number of aromatic carboxylic acids is 2. The minimum absolute atomic E-state index is 0.00988. The summed E-state index contributed by atoms with van der Waals surface area (Å²) < 4.78 is 24.2. The summed E-state index contributed by atoms with van der Waals surface area (Å²) in [6.07, 6.45) is 0. The molecule has 0 aliphatic carbocycles. The minimum Gasteiger partial charge on any atom is -0.493 e. The lowest BCUT2D eigenvalue weighted by Crippen LogP contribution is -2.24. The Bertz CT molecular complexity index is 1220. The molecule has 160 valence electrons. The van der Waals surface area contributed by atoms with Crippen molar-refractivity contribution < 1.29 is 33.7 Å². The Morgan fingerprint density at radius 1 is 1.06 bits per heavy atom. The molecule has 0 saturated carbocycles. The number of hydrogen-bond donors (Lipinski definition) is 4. The zero-order valence-electron chi connectivity index (χ0n) is 16.1. The summed E-state index contributed by atoms with van der Waals surface area (Å²) >= 11 is 0. The number of halogens is 1. The molecule has 1 aromatic heterocycles. The van der Waals surface area contributed by atoms with Crippen LogP contribution in [0.2, 0.25) is 0 Å². The third kappa shape index (κ3) is 4.17. The van der Waals surface area contributed by atoms with Gasteiger partial charge >= 0.3 is 11.9 Å². The largest absolute Gasteiger partial charge is 0.493 e. The first-order chi connectivity index (χ1) is 14.7. The van der Waals surface area contributed by atoms with Crippen molar-refractivity contribution in [2.24, 2.45) is 0 Å². The SMILES string of the molecule is COc1cccc(-c2c(C(=O)O)c(N)[nH]c(=O)c2C(=O)O)c1OCc1ccc(F)cc1. The third-order valence-corrected chi connectivity index (χ3v) is 4.44. The Morgan fingerprint density at radius 2 is 1.71 bits per heavy atom. The Hall–Kier alpha value is -4.34. The van der Waals surface area contributed by atoms with Gasteiger partial charge in [0.25, 0.3) is 5.56 Å². The third-order valence-electron chi connectivity index (χ3n) is 4.44. The van der Waals surface area contributed by atoms with Gasteiger partial charge in [0.2, 0.25) is 0 Å². The number of carboxylic acid groups (broad SMARTS) is 2. The monoisotopic (exact) mass is 428 g/mol. The van der Waals surface area contributed by atoms with Crippen LogP contribution in [-0.2, 0) is 6.61 Å². The van der Waals surface area contributed by atoms with Crippen molar-refractivity contribution in [3.05, 3.63) is 75.3 Å². The highest BCUT2D eigenvalue weighted by molar-refractivity contribution is 6.08. The van der Waals surface area contributed by atoms with E-state index in [4.69, 9.17) is 15.2 Å². The van der Waals surface area contributed by atoms with E-state index in [0.717, 1.165) is 0 Å². The first-order valence-electron chi connectivity index (χ1n) is 8.81. The zero-order valence-corrected chi connectivity index (χ0v) is 16.1. The number of rotatable bonds is 7. The molecule has 1 heterocycles. The van der Waals surface area contributed by atoms with Crippen LogP contribution in [0.25, 0.3) is 11.1 Å². The quantitative estimate of drug-likeness (QED) is 0.448. The van der Waals surface area contributed by atoms with Crippen LogP contribution in [0, 0.1) is 5.82 Å². The Morgan fingerprint density at radius 3 is 2.29 bits per heavy atom. The number of ether oxygens (including phenoxy) is 2. The number of aromatic nitrogens is 1. The van der Waals surface area contributed by atoms with Gasteiger partial charge in [-0.05, 0) is 23.8 Å². The average molecular weight is 428 g/mol. The second-order valence-electron chi connectivity index (χ2n) is 6.36. The summed E-state index contributed by atoms with van der Waals surface area (Å²) in [6.45, 7) is -0.0723. The summed E-state index contributed by atoms with van der Waals surface area (Å²) in [5.74, 6) is -3.98. The van der Waals surface area contributed by atoms with Gasteiger partial charge in [0, 0.05) is 11.1 Å². The lowest BCUT2D eigenvalue weighted by atomic mass is 9.94. The molecule has 31 heavy (non-hydrogen) atoms. The van der Waals surface area contributed by atoms with Crippen LogP contribution in [0.15, 0.2) is 47.3 Å². The molecule has 0 aliphatic rings. The summed E-state index contributed by atoms with van der Waals surface area (Å²) in [7, 11) is 1.34. The molecular formula is C21H17FN2O7. The van der Waals surface area contributed by atoms with Gasteiger partial charge in [-0.2, -0.15) is 0 Å². The number of pyridine rings is 1. The molecule has 0 saturated heterocycles. The van der Waals surface area contributed by atoms with Gasteiger partial charge in [0.1, 0.15) is 29.4 Å². The maximum Gasteiger partial charge on any atom is 0.342 e. The summed E-state index contributed by atoms with van der Waals surface area (Å²) in [5.41, 5.74) is 3.35. The maximum absolute atomic E-state index is 13.2. The first-order valence-corrected chi connectivity index (χ1v) is 8.81. The molecule has 0 fully saturated rings. The van der Waals surface area contributed by atoms with Crippen molar-refractivity contribution in [2.75, 3.05) is 12.8 Å². The molecule has 0 radical (unpaired) electrons. The van der Waals surface area contributed by atoms with Crippen LogP contribution in [-0.4, -0.2) is 34.2 Å². The minimum atomic E-state index is -1.65. The van der Waals surface area contributed by atoms with Gasteiger partial charge in [0.15, 0.2) is 11.5 Å². The van der Waals surface area contributed by atoms with E-state index in [1.807, 2.05) is 4.98 Å². The van der Waals surface area contributed by atoms with Crippen LogP contribution in [0.1, 0.15) is 26.3 Å².